The number of nitrogens with one attached hydrogen (secondary N) is 2. The zero-order valence-electron chi connectivity index (χ0n) is 20.0. The lowest BCUT2D eigenvalue weighted by atomic mass is 10.1. The van der Waals surface area contributed by atoms with Crippen molar-refractivity contribution in [3.8, 4) is 5.75 Å². The molecule has 0 amide bonds. The number of benzene rings is 3. The quantitative estimate of drug-likeness (QED) is 0.207. The van der Waals surface area contributed by atoms with Crippen LogP contribution in [0.3, 0.4) is 0 Å². The number of morpholine rings is 1. The molecule has 0 aliphatic carbocycles. The van der Waals surface area contributed by atoms with Crippen LogP contribution in [0.25, 0.3) is 10.8 Å². The van der Waals surface area contributed by atoms with Gasteiger partial charge in [-0.05, 0) is 17.5 Å². The third kappa shape index (κ3) is 5.54. The van der Waals surface area contributed by atoms with Crippen LogP contribution < -0.4 is 20.4 Å². The molecule has 1 aromatic heterocycles. The second-order valence-corrected chi connectivity index (χ2v) is 8.09. The minimum absolute atomic E-state index is 0.0708. The minimum atomic E-state index is -0.476. The molecule has 12 nitrogen and oxygen atoms in total. The van der Waals surface area contributed by atoms with Crippen LogP contribution in [0.2, 0.25) is 0 Å². The summed E-state index contributed by atoms with van der Waals surface area (Å²) in [6.07, 6.45) is 1.42. The Kier molecular flexibility index (Phi) is 6.99. The lowest BCUT2D eigenvalue weighted by Gasteiger charge is -2.27. The molecule has 37 heavy (non-hydrogen) atoms. The highest BCUT2D eigenvalue weighted by atomic mass is 16.6. The Balaban J connectivity index is 1.45. The average molecular weight is 501 g/mol. The Bertz CT molecular complexity index is 1450. The summed E-state index contributed by atoms with van der Waals surface area (Å²) in [7, 11) is 1.48. The molecule has 0 radical (unpaired) electrons. The molecule has 5 rings (SSSR count). The van der Waals surface area contributed by atoms with E-state index in [0.717, 1.165) is 16.5 Å². The highest BCUT2D eigenvalue weighted by Crippen LogP contribution is 2.26. The van der Waals surface area contributed by atoms with E-state index in [1.54, 1.807) is 0 Å². The van der Waals surface area contributed by atoms with E-state index >= 15 is 0 Å². The van der Waals surface area contributed by atoms with Gasteiger partial charge in [0.15, 0.2) is 0 Å². The second kappa shape index (κ2) is 10.8. The van der Waals surface area contributed by atoms with Crippen molar-refractivity contribution in [2.24, 2.45) is 5.10 Å². The maximum Gasteiger partial charge on any atom is 0.270 e. The van der Waals surface area contributed by atoms with Crippen LogP contribution in [0.5, 0.6) is 5.75 Å². The zero-order chi connectivity index (χ0) is 25.6. The molecule has 1 aliphatic heterocycles. The highest BCUT2D eigenvalue weighted by Gasteiger charge is 2.17. The van der Waals surface area contributed by atoms with Crippen LogP contribution in [-0.2, 0) is 4.74 Å². The van der Waals surface area contributed by atoms with E-state index in [-0.39, 0.29) is 11.6 Å². The maximum atomic E-state index is 11.2. The van der Waals surface area contributed by atoms with Crippen molar-refractivity contribution in [3.63, 3.8) is 0 Å². The third-order valence-corrected chi connectivity index (χ3v) is 5.75. The molecule has 188 valence electrons. The van der Waals surface area contributed by atoms with Gasteiger partial charge in [-0.15, -0.1) is 0 Å². The Morgan fingerprint density at radius 3 is 2.65 bits per heavy atom. The van der Waals surface area contributed by atoms with Gasteiger partial charge in [0.05, 0.1) is 31.5 Å². The van der Waals surface area contributed by atoms with E-state index < -0.39 is 4.92 Å². The van der Waals surface area contributed by atoms with Gasteiger partial charge >= 0.3 is 0 Å². The smallest absolute Gasteiger partial charge is 0.270 e. The molecular formula is C25H24N8O4. The summed E-state index contributed by atoms with van der Waals surface area (Å²) in [6, 6.07) is 18.3. The van der Waals surface area contributed by atoms with Crippen LogP contribution in [0.1, 0.15) is 5.56 Å². The van der Waals surface area contributed by atoms with E-state index in [9.17, 15) is 10.1 Å². The fraction of sp³-hybridized carbons (Fsp3) is 0.200. The second-order valence-electron chi connectivity index (χ2n) is 8.09. The summed E-state index contributed by atoms with van der Waals surface area (Å²) < 4.78 is 10.8. The molecule has 12 heteroatoms. The number of nitro groups is 1. The van der Waals surface area contributed by atoms with Crippen molar-refractivity contribution in [3.05, 3.63) is 76.3 Å². The molecule has 1 aliphatic rings. The van der Waals surface area contributed by atoms with Gasteiger partial charge in [-0.1, -0.05) is 36.4 Å². The number of rotatable bonds is 8. The van der Waals surface area contributed by atoms with Gasteiger partial charge in [-0.2, -0.15) is 20.1 Å². The Labute approximate surface area is 212 Å². The lowest BCUT2D eigenvalue weighted by molar-refractivity contribution is -0.384. The maximum absolute atomic E-state index is 11.2. The summed E-state index contributed by atoms with van der Waals surface area (Å²) >= 11 is 0. The van der Waals surface area contributed by atoms with E-state index in [4.69, 9.17) is 9.47 Å². The monoisotopic (exact) mass is 500 g/mol. The number of fused-ring (bicyclic) bond motifs is 1. The van der Waals surface area contributed by atoms with Crippen molar-refractivity contribution in [2.45, 2.75) is 0 Å². The molecule has 4 aromatic rings. The average Bonchev–Trinajstić information content (AvgIpc) is 2.93. The summed E-state index contributed by atoms with van der Waals surface area (Å²) in [4.78, 5) is 26.4. The number of nitro benzene ring substituents is 1. The van der Waals surface area contributed by atoms with Gasteiger partial charge in [0.25, 0.3) is 5.69 Å². The fourth-order valence-corrected chi connectivity index (χ4v) is 3.93. The van der Waals surface area contributed by atoms with Crippen molar-refractivity contribution in [1.82, 2.24) is 15.0 Å². The normalized spacial score (nSPS) is 13.6. The van der Waals surface area contributed by atoms with E-state index in [1.165, 1.54) is 31.5 Å². The van der Waals surface area contributed by atoms with Crippen molar-refractivity contribution in [1.29, 1.82) is 0 Å². The molecule has 0 spiro atoms. The lowest BCUT2D eigenvalue weighted by Crippen LogP contribution is -2.37. The number of nitrogens with zero attached hydrogens (tertiary/aromatic N) is 6. The Morgan fingerprint density at radius 2 is 1.84 bits per heavy atom. The molecule has 3 aromatic carbocycles. The summed E-state index contributed by atoms with van der Waals surface area (Å²) in [5.41, 5.74) is 4.04. The Morgan fingerprint density at radius 1 is 1.05 bits per heavy atom. The fourth-order valence-electron chi connectivity index (χ4n) is 3.93. The first kappa shape index (κ1) is 23.9. The van der Waals surface area contributed by atoms with Crippen LogP contribution in [0.15, 0.2) is 65.8 Å². The van der Waals surface area contributed by atoms with E-state index in [0.29, 0.717) is 49.5 Å². The van der Waals surface area contributed by atoms with Crippen LogP contribution in [0, 0.1) is 10.1 Å². The predicted molar refractivity (Wildman–Crippen MR) is 141 cm³/mol. The predicted octanol–water partition coefficient (Wildman–Crippen LogP) is 3.97. The number of methoxy groups -OCH3 is 1. The Hall–Kier alpha value is -4.84. The number of hydrazone groups is 1. The van der Waals surface area contributed by atoms with Gasteiger partial charge in [0.2, 0.25) is 17.8 Å². The molecule has 0 saturated carbocycles. The van der Waals surface area contributed by atoms with Crippen molar-refractivity contribution >= 4 is 46.2 Å². The summed E-state index contributed by atoms with van der Waals surface area (Å²) in [5, 5.41) is 20.8. The van der Waals surface area contributed by atoms with Gasteiger partial charge in [0.1, 0.15) is 5.75 Å². The van der Waals surface area contributed by atoms with Crippen LogP contribution >= 0.6 is 0 Å². The molecule has 0 bridgehead atoms. The molecule has 2 N–H and O–H groups in total. The van der Waals surface area contributed by atoms with Crippen LogP contribution in [-0.4, -0.2) is 59.5 Å². The molecule has 0 unspecified atom stereocenters. The van der Waals surface area contributed by atoms with Crippen LogP contribution in [0.4, 0.5) is 29.2 Å². The SMILES string of the molecule is COc1ccc([N+](=O)[O-])cc1C=NNc1nc(Nc2cccc3ccccc23)nc(N2CCOCC2)n1. The van der Waals surface area contributed by atoms with Crippen molar-refractivity contribution in [2.75, 3.05) is 49.1 Å². The molecule has 1 saturated heterocycles. The number of anilines is 4. The first-order valence-corrected chi connectivity index (χ1v) is 11.6. The van der Waals surface area contributed by atoms with E-state index in [1.807, 2.05) is 47.4 Å². The topological polar surface area (TPSA) is 140 Å². The standard InChI is InChI=1S/C25H24N8O4/c1-36-22-10-9-19(33(34)35)15-18(22)16-26-31-24-28-23(29-25(30-24)32-11-13-37-14-12-32)27-21-8-4-6-17-5-2-3-7-20(17)21/h2-10,15-16H,11-14H2,1H3,(H2,27,28,29,30,31). The molecule has 0 atom stereocenters. The third-order valence-electron chi connectivity index (χ3n) is 5.75. The number of hydrogen-bond acceptors (Lipinski definition) is 11. The summed E-state index contributed by atoms with van der Waals surface area (Å²) in [6.45, 7) is 2.44. The minimum Gasteiger partial charge on any atom is -0.496 e. The van der Waals surface area contributed by atoms with E-state index in [2.05, 4.69) is 30.8 Å². The van der Waals surface area contributed by atoms with Gasteiger partial charge in [0, 0.05) is 41.9 Å². The molecular weight excluding hydrogens is 476 g/mol. The highest BCUT2D eigenvalue weighted by molar-refractivity contribution is 5.95. The molecule has 2 heterocycles. The molecule has 1 fully saturated rings. The van der Waals surface area contributed by atoms with Gasteiger partial charge in [-0.3, -0.25) is 10.1 Å². The first-order chi connectivity index (χ1) is 18.1. The number of hydrogen-bond donors (Lipinski definition) is 2. The number of aromatic nitrogens is 3. The van der Waals surface area contributed by atoms with Gasteiger partial charge in [-0.25, -0.2) is 5.43 Å². The van der Waals surface area contributed by atoms with Gasteiger partial charge < -0.3 is 19.7 Å². The zero-order valence-corrected chi connectivity index (χ0v) is 20.0. The van der Waals surface area contributed by atoms with Crippen molar-refractivity contribution < 1.29 is 14.4 Å². The first-order valence-electron chi connectivity index (χ1n) is 11.6. The number of non-ortho nitro benzene ring substituents is 1. The largest absolute Gasteiger partial charge is 0.496 e. The number of ether oxygens (including phenoxy) is 2. The summed E-state index contributed by atoms with van der Waals surface area (Å²) in [5.74, 6) is 1.48.